The molecule has 0 aliphatic rings. The maximum Gasteiger partial charge on any atom is 0.122 e. The fourth-order valence-electron chi connectivity index (χ4n) is 1.45. The van der Waals surface area contributed by atoms with Gasteiger partial charge in [0.2, 0.25) is 0 Å². The molecular weight excluding hydrogens is 245 g/mol. The van der Waals surface area contributed by atoms with E-state index in [1.807, 2.05) is 37.3 Å². The summed E-state index contributed by atoms with van der Waals surface area (Å²) in [6.45, 7) is 2.60. The molecule has 0 amide bonds. The molecule has 0 bridgehead atoms. The Kier molecular flexibility index (Phi) is 4.21. The quantitative estimate of drug-likeness (QED) is 0.900. The molecule has 1 aromatic heterocycles. The van der Waals surface area contributed by atoms with Gasteiger partial charge in [0.15, 0.2) is 0 Å². The van der Waals surface area contributed by atoms with Crippen molar-refractivity contribution in [2.45, 2.75) is 13.5 Å². The Morgan fingerprint density at radius 3 is 2.44 bits per heavy atom. The van der Waals surface area contributed by atoms with Gasteiger partial charge in [-0.05, 0) is 24.6 Å². The number of nitrogens with two attached hydrogens (primary N) is 1. The largest absolute Gasteiger partial charge is 0.384 e. The minimum Gasteiger partial charge on any atom is -0.384 e. The monoisotopic (exact) mass is 257 g/mol. The highest BCUT2D eigenvalue weighted by atomic mass is 35.5. The van der Waals surface area contributed by atoms with E-state index in [2.05, 4.69) is 5.10 Å². The molecule has 16 heavy (non-hydrogen) atoms. The third-order valence-corrected chi connectivity index (χ3v) is 2.43. The number of benzene rings is 1. The van der Waals surface area contributed by atoms with E-state index in [-0.39, 0.29) is 12.4 Å². The Morgan fingerprint density at radius 1 is 1.31 bits per heavy atom. The van der Waals surface area contributed by atoms with Crippen LogP contribution in [0, 0.1) is 6.92 Å². The van der Waals surface area contributed by atoms with Crippen molar-refractivity contribution in [1.82, 2.24) is 9.78 Å². The molecule has 0 unspecified atom stereocenters. The first kappa shape index (κ1) is 12.9. The van der Waals surface area contributed by atoms with Crippen LogP contribution >= 0.6 is 24.0 Å². The van der Waals surface area contributed by atoms with Gasteiger partial charge in [-0.2, -0.15) is 5.10 Å². The summed E-state index contributed by atoms with van der Waals surface area (Å²) in [4.78, 5) is 0. The van der Waals surface area contributed by atoms with Gasteiger partial charge in [-0.25, -0.2) is 4.68 Å². The van der Waals surface area contributed by atoms with Gasteiger partial charge in [0.05, 0.1) is 12.2 Å². The molecule has 0 saturated carbocycles. The summed E-state index contributed by atoms with van der Waals surface area (Å²) in [7, 11) is 0. The molecule has 2 rings (SSSR count). The molecule has 1 aromatic carbocycles. The smallest absolute Gasteiger partial charge is 0.122 e. The van der Waals surface area contributed by atoms with Crippen LogP contribution in [0.3, 0.4) is 0 Å². The lowest BCUT2D eigenvalue weighted by Gasteiger charge is -2.04. The van der Waals surface area contributed by atoms with Crippen molar-refractivity contribution in [3.63, 3.8) is 0 Å². The summed E-state index contributed by atoms with van der Waals surface area (Å²) in [6, 6.07) is 9.53. The van der Waals surface area contributed by atoms with Gasteiger partial charge in [-0.3, -0.25) is 0 Å². The fourth-order valence-corrected chi connectivity index (χ4v) is 1.58. The Labute approximate surface area is 106 Å². The van der Waals surface area contributed by atoms with E-state index < -0.39 is 0 Å². The Balaban J connectivity index is 0.00000128. The zero-order valence-electron chi connectivity index (χ0n) is 8.85. The highest BCUT2D eigenvalue weighted by Gasteiger charge is 2.02. The average Bonchev–Trinajstić information content (AvgIpc) is 2.49. The average molecular weight is 258 g/mol. The van der Waals surface area contributed by atoms with Crippen molar-refractivity contribution < 1.29 is 0 Å². The third kappa shape index (κ3) is 2.90. The van der Waals surface area contributed by atoms with Crippen LogP contribution in [-0.4, -0.2) is 9.78 Å². The highest BCUT2D eigenvalue weighted by Crippen LogP contribution is 2.12. The van der Waals surface area contributed by atoms with Crippen LogP contribution < -0.4 is 5.73 Å². The van der Waals surface area contributed by atoms with E-state index in [1.54, 1.807) is 4.68 Å². The van der Waals surface area contributed by atoms with E-state index >= 15 is 0 Å². The van der Waals surface area contributed by atoms with Crippen molar-refractivity contribution in [2.75, 3.05) is 5.73 Å². The lowest BCUT2D eigenvalue weighted by Crippen LogP contribution is -2.05. The number of rotatable bonds is 2. The number of aryl methyl sites for hydroxylation is 1. The van der Waals surface area contributed by atoms with E-state index in [0.717, 1.165) is 16.3 Å². The Hall–Kier alpha value is -1.19. The van der Waals surface area contributed by atoms with E-state index in [1.165, 1.54) is 0 Å². The summed E-state index contributed by atoms with van der Waals surface area (Å²) in [6.07, 6.45) is 0. The molecule has 0 radical (unpaired) electrons. The molecule has 0 fully saturated rings. The molecule has 5 heteroatoms. The number of hydrogen-bond acceptors (Lipinski definition) is 2. The first-order valence-electron chi connectivity index (χ1n) is 4.69. The molecule has 86 valence electrons. The number of anilines is 1. The molecule has 0 aliphatic heterocycles. The zero-order valence-corrected chi connectivity index (χ0v) is 10.4. The van der Waals surface area contributed by atoms with E-state index in [0.29, 0.717) is 12.4 Å². The second-order valence-electron chi connectivity index (χ2n) is 3.49. The molecule has 2 aromatic rings. The maximum absolute atomic E-state index is 5.80. The van der Waals surface area contributed by atoms with Gasteiger partial charge >= 0.3 is 0 Å². The SMILES string of the molecule is Cc1cc(N)n(Cc2ccc(Cl)cc2)n1.Cl. The van der Waals surface area contributed by atoms with Crippen molar-refractivity contribution in [1.29, 1.82) is 0 Å². The van der Waals surface area contributed by atoms with Crippen LogP contribution in [0.15, 0.2) is 30.3 Å². The predicted octanol–water partition coefficient (Wildman–Crippen LogP) is 2.90. The number of nitrogens with zero attached hydrogens (tertiary/aromatic N) is 2. The molecular formula is C11H13Cl2N3. The zero-order chi connectivity index (χ0) is 10.8. The van der Waals surface area contributed by atoms with Crippen LogP contribution in [0.25, 0.3) is 0 Å². The van der Waals surface area contributed by atoms with Gasteiger partial charge in [-0.15, -0.1) is 12.4 Å². The van der Waals surface area contributed by atoms with Crippen molar-refractivity contribution >= 4 is 29.8 Å². The summed E-state index contributed by atoms with van der Waals surface area (Å²) in [5, 5.41) is 5.03. The van der Waals surface area contributed by atoms with Crippen molar-refractivity contribution in [3.8, 4) is 0 Å². The third-order valence-electron chi connectivity index (χ3n) is 2.18. The number of aromatic nitrogens is 2. The van der Waals surface area contributed by atoms with Gasteiger partial charge in [0.25, 0.3) is 0 Å². The Bertz CT molecular complexity index is 463. The van der Waals surface area contributed by atoms with Gasteiger partial charge in [0, 0.05) is 11.1 Å². The predicted molar refractivity (Wildman–Crippen MR) is 69.2 cm³/mol. The molecule has 0 saturated heterocycles. The molecule has 0 atom stereocenters. The van der Waals surface area contributed by atoms with Crippen LogP contribution in [0.2, 0.25) is 5.02 Å². The summed E-state index contributed by atoms with van der Waals surface area (Å²) < 4.78 is 1.78. The molecule has 3 nitrogen and oxygen atoms in total. The van der Waals surface area contributed by atoms with Crippen LogP contribution in [-0.2, 0) is 6.54 Å². The van der Waals surface area contributed by atoms with E-state index in [9.17, 15) is 0 Å². The topological polar surface area (TPSA) is 43.8 Å². The van der Waals surface area contributed by atoms with E-state index in [4.69, 9.17) is 17.3 Å². The van der Waals surface area contributed by atoms with Crippen LogP contribution in [0.5, 0.6) is 0 Å². The minimum absolute atomic E-state index is 0. The van der Waals surface area contributed by atoms with Gasteiger partial charge in [-0.1, -0.05) is 23.7 Å². The lowest BCUT2D eigenvalue weighted by molar-refractivity contribution is 0.689. The van der Waals surface area contributed by atoms with Crippen LogP contribution in [0.1, 0.15) is 11.3 Å². The molecule has 0 aliphatic carbocycles. The maximum atomic E-state index is 5.80. The molecule has 0 spiro atoms. The van der Waals surface area contributed by atoms with Crippen LogP contribution in [0.4, 0.5) is 5.82 Å². The fraction of sp³-hybridized carbons (Fsp3) is 0.182. The summed E-state index contributed by atoms with van der Waals surface area (Å²) in [5.74, 6) is 0.683. The highest BCUT2D eigenvalue weighted by molar-refractivity contribution is 6.30. The first-order chi connectivity index (χ1) is 7.15. The lowest BCUT2D eigenvalue weighted by atomic mass is 10.2. The summed E-state index contributed by atoms with van der Waals surface area (Å²) in [5.41, 5.74) is 7.86. The summed E-state index contributed by atoms with van der Waals surface area (Å²) >= 11 is 5.80. The van der Waals surface area contributed by atoms with Crippen molar-refractivity contribution in [3.05, 3.63) is 46.6 Å². The number of nitrogen functional groups attached to an aromatic ring is 1. The minimum atomic E-state index is 0. The standard InChI is InChI=1S/C11H12ClN3.ClH/c1-8-6-11(13)15(14-8)7-9-2-4-10(12)5-3-9;/h2-6H,7,13H2,1H3;1H. The second-order valence-corrected chi connectivity index (χ2v) is 3.93. The molecule has 2 N–H and O–H groups in total. The number of hydrogen-bond donors (Lipinski definition) is 1. The number of halogens is 2. The molecule has 1 heterocycles. The van der Waals surface area contributed by atoms with Gasteiger partial charge in [0.1, 0.15) is 5.82 Å². The second kappa shape index (κ2) is 5.23. The first-order valence-corrected chi connectivity index (χ1v) is 5.07. The Morgan fingerprint density at radius 2 is 1.94 bits per heavy atom. The van der Waals surface area contributed by atoms with Crippen molar-refractivity contribution in [2.24, 2.45) is 0 Å². The van der Waals surface area contributed by atoms with Gasteiger partial charge < -0.3 is 5.73 Å². The normalized spacial score (nSPS) is 9.88.